The molecule has 3 rings (SSSR count). The second-order valence-electron chi connectivity index (χ2n) is 4.65. The van der Waals surface area contributed by atoms with Gasteiger partial charge in [-0.15, -0.1) is 5.10 Å². The first-order chi connectivity index (χ1) is 10.3. The Kier molecular flexibility index (Phi) is 4.88. The second-order valence-corrected chi connectivity index (χ2v) is 4.65. The third-order valence-corrected chi connectivity index (χ3v) is 3.23. The zero-order valence-electron chi connectivity index (χ0n) is 13.0. The van der Waals surface area contributed by atoms with E-state index in [4.69, 9.17) is 0 Å². The van der Waals surface area contributed by atoms with Gasteiger partial charge >= 0.3 is 0 Å². The van der Waals surface area contributed by atoms with Crippen LogP contribution in [0.2, 0.25) is 0 Å². The fraction of sp³-hybridized carbons (Fsp3) is 0.222. The van der Waals surface area contributed by atoms with Gasteiger partial charge in [0.1, 0.15) is 5.69 Å². The summed E-state index contributed by atoms with van der Waals surface area (Å²) in [5.74, 6) is 0. The highest BCUT2D eigenvalue weighted by Gasteiger charge is 2.08. The predicted molar refractivity (Wildman–Crippen MR) is 87.6 cm³/mol. The number of aryl methyl sites for hydroxylation is 2. The van der Waals surface area contributed by atoms with Crippen molar-refractivity contribution in [2.24, 2.45) is 0 Å². The Morgan fingerprint density at radius 2 is 1.43 bits per heavy atom. The van der Waals surface area contributed by atoms with Gasteiger partial charge in [0.05, 0.1) is 11.9 Å². The largest absolute Gasteiger partial charge is 0.220 e. The van der Waals surface area contributed by atoms with Gasteiger partial charge in [0.15, 0.2) is 0 Å². The molecule has 1 heterocycles. The lowest BCUT2D eigenvalue weighted by Crippen LogP contribution is -2.00. The van der Waals surface area contributed by atoms with E-state index in [1.165, 1.54) is 11.1 Å². The summed E-state index contributed by atoms with van der Waals surface area (Å²) in [7, 11) is 0. The predicted octanol–water partition coefficient (Wildman–Crippen LogP) is 4.58. The van der Waals surface area contributed by atoms with Crippen molar-refractivity contribution in [3.63, 3.8) is 0 Å². The third kappa shape index (κ3) is 3.19. The number of para-hydroxylation sites is 1. The van der Waals surface area contributed by atoms with Gasteiger partial charge in [-0.1, -0.05) is 67.6 Å². The lowest BCUT2D eigenvalue weighted by atomic mass is 10.1. The Labute approximate surface area is 126 Å². The van der Waals surface area contributed by atoms with E-state index in [2.05, 4.69) is 42.4 Å². The standard InChI is InChI=1S/C16H15N3.C2H6/c1-12-7-6-8-13(2)16(12)19-11-15(17-18-19)14-9-4-3-5-10-14;1-2/h3-11H,1-2H3;1-2H3. The summed E-state index contributed by atoms with van der Waals surface area (Å²) >= 11 is 0. The van der Waals surface area contributed by atoms with Crippen LogP contribution in [0.5, 0.6) is 0 Å². The number of rotatable bonds is 2. The molecule has 1 aromatic heterocycles. The van der Waals surface area contributed by atoms with Crippen LogP contribution in [0.1, 0.15) is 25.0 Å². The molecule has 108 valence electrons. The fourth-order valence-electron chi connectivity index (χ4n) is 2.28. The van der Waals surface area contributed by atoms with Crippen LogP contribution in [-0.2, 0) is 0 Å². The molecule has 0 bridgehead atoms. The second kappa shape index (κ2) is 6.84. The van der Waals surface area contributed by atoms with E-state index in [1.54, 1.807) is 0 Å². The topological polar surface area (TPSA) is 30.7 Å². The Morgan fingerprint density at radius 3 is 2.05 bits per heavy atom. The molecule has 0 unspecified atom stereocenters. The van der Waals surface area contributed by atoms with E-state index in [1.807, 2.05) is 55.1 Å². The fourth-order valence-corrected chi connectivity index (χ4v) is 2.28. The van der Waals surface area contributed by atoms with Crippen molar-refractivity contribution >= 4 is 0 Å². The monoisotopic (exact) mass is 279 g/mol. The zero-order valence-corrected chi connectivity index (χ0v) is 13.0. The van der Waals surface area contributed by atoms with Gasteiger partial charge in [-0.05, 0) is 25.0 Å². The molecule has 2 aromatic carbocycles. The summed E-state index contributed by atoms with van der Waals surface area (Å²) in [6.45, 7) is 8.18. The molecule has 0 saturated carbocycles. The molecule has 0 saturated heterocycles. The van der Waals surface area contributed by atoms with Crippen LogP contribution in [0, 0.1) is 13.8 Å². The number of aromatic nitrogens is 3. The molecular formula is C18H21N3. The number of benzene rings is 2. The summed E-state index contributed by atoms with van der Waals surface area (Å²) in [5, 5.41) is 8.51. The molecule has 0 fully saturated rings. The lowest BCUT2D eigenvalue weighted by Gasteiger charge is -2.07. The highest BCUT2D eigenvalue weighted by molar-refractivity contribution is 5.58. The molecule has 0 aliphatic carbocycles. The quantitative estimate of drug-likeness (QED) is 0.687. The minimum atomic E-state index is 0.892. The first-order valence-electron chi connectivity index (χ1n) is 7.30. The molecule has 0 aliphatic rings. The lowest BCUT2D eigenvalue weighted by molar-refractivity contribution is 0.794. The highest BCUT2D eigenvalue weighted by atomic mass is 15.4. The van der Waals surface area contributed by atoms with Crippen molar-refractivity contribution in [1.82, 2.24) is 15.0 Å². The van der Waals surface area contributed by atoms with E-state index in [0.29, 0.717) is 0 Å². The number of hydrogen-bond donors (Lipinski definition) is 0. The molecule has 0 atom stereocenters. The van der Waals surface area contributed by atoms with Crippen molar-refractivity contribution in [2.45, 2.75) is 27.7 Å². The van der Waals surface area contributed by atoms with Crippen molar-refractivity contribution in [3.05, 3.63) is 65.9 Å². The van der Waals surface area contributed by atoms with Crippen molar-refractivity contribution in [1.29, 1.82) is 0 Å². The Balaban J connectivity index is 0.000000774. The van der Waals surface area contributed by atoms with Crippen molar-refractivity contribution in [2.75, 3.05) is 0 Å². The Bertz CT molecular complexity index is 679. The summed E-state index contributed by atoms with van der Waals surface area (Å²) in [6, 6.07) is 16.3. The van der Waals surface area contributed by atoms with Crippen molar-refractivity contribution < 1.29 is 0 Å². The van der Waals surface area contributed by atoms with Crippen molar-refractivity contribution in [3.8, 4) is 16.9 Å². The van der Waals surface area contributed by atoms with Crippen LogP contribution in [0.15, 0.2) is 54.7 Å². The van der Waals surface area contributed by atoms with Crippen LogP contribution in [-0.4, -0.2) is 15.0 Å². The molecule has 21 heavy (non-hydrogen) atoms. The van der Waals surface area contributed by atoms with Gasteiger partial charge in [-0.3, -0.25) is 0 Å². The highest BCUT2D eigenvalue weighted by Crippen LogP contribution is 2.21. The molecule has 0 spiro atoms. The maximum Gasteiger partial charge on any atom is 0.113 e. The molecule has 0 aliphatic heterocycles. The molecule has 3 heteroatoms. The smallest absolute Gasteiger partial charge is 0.113 e. The number of hydrogen-bond acceptors (Lipinski definition) is 2. The molecule has 0 N–H and O–H groups in total. The maximum atomic E-state index is 4.26. The average Bonchev–Trinajstić information content (AvgIpc) is 3.00. The first-order valence-corrected chi connectivity index (χ1v) is 7.30. The summed E-state index contributed by atoms with van der Waals surface area (Å²) in [4.78, 5) is 0. The third-order valence-electron chi connectivity index (χ3n) is 3.23. The first kappa shape index (κ1) is 15.0. The average molecular weight is 279 g/mol. The van der Waals surface area contributed by atoms with Gasteiger partial charge in [0.2, 0.25) is 0 Å². The van der Waals surface area contributed by atoms with Gasteiger partial charge in [-0.2, -0.15) is 0 Å². The molecule has 3 aromatic rings. The van der Waals surface area contributed by atoms with Gasteiger partial charge in [0, 0.05) is 5.56 Å². The maximum absolute atomic E-state index is 4.26. The van der Waals surface area contributed by atoms with Crippen LogP contribution in [0.3, 0.4) is 0 Å². The summed E-state index contributed by atoms with van der Waals surface area (Å²) in [6.07, 6.45) is 1.98. The van der Waals surface area contributed by atoms with Gasteiger partial charge < -0.3 is 0 Å². The van der Waals surface area contributed by atoms with E-state index >= 15 is 0 Å². The minimum Gasteiger partial charge on any atom is -0.220 e. The normalized spacial score (nSPS) is 9.90. The van der Waals surface area contributed by atoms with Gasteiger partial charge in [-0.25, -0.2) is 4.68 Å². The molecule has 0 radical (unpaired) electrons. The van der Waals surface area contributed by atoms with Crippen LogP contribution in [0.4, 0.5) is 0 Å². The van der Waals surface area contributed by atoms with Crippen LogP contribution >= 0.6 is 0 Å². The Hall–Kier alpha value is -2.42. The van der Waals surface area contributed by atoms with E-state index in [9.17, 15) is 0 Å². The summed E-state index contributed by atoms with van der Waals surface area (Å²) in [5.41, 5.74) is 5.48. The zero-order chi connectivity index (χ0) is 15.2. The van der Waals surface area contributed by atoms with Gasteiger partial charge in [0.25, 0.3) is 0 Å². The summed E-state index contributed by atoms with van der Waals surface area (Å²) < 4.78 is 1.85. The van der Waals surface area contributed by atoms with Crippen LogP contribution in [0.25, 0.3) is 16.9 Å². The molecule has 0 amide bonds. The Morgan fingerprint density at radius 1 is 0.810 bits per heavy atom. The molecular weight excluding hydrogens is 258 g/mol. The van der Waals surface area contributed by atoms with E-state index < -0.39 is 0 Å². The minimum absolute atomic E-state index is 0.892. The SMILES string of the molecule is CC.Cc1cccc(C)c1-n1cc(-c2ccccc2)nn1. The van der Waals surface area contributed by atoms with Crippen LogP contribution < -0.4 is 0 Å². The number of nitrogens with zero attached hydrogens (tertiary/aromatic N) is 3. The molecule has 3 nitrogen and oxygen atoms in total. The van der Waals surface area contributed by atoms with E-state index in [0.717, 1.165) is 16.9 Å². The van der Waals surface area contributed by atoms with E-state index in [-0.39, 0.29) is 0 Å².